The Balaban J connectivity index is 1.84. The van der Waals surface area contributed by atoms with Crippen molar-refractivity contribution in [2.45, 2.75) is 6.92 Å². The van der Waals surface area contributed by atoms with Crippen molar-refractivity contribution in [3.05, 3.63) is 40.8 Å². The molecule has 4 rings (SSSR count). The number of ether oxygens (including phenoxy) is 1. The minimum absolute atomic E-state index is 0.0304. The minimum atomic E-state index is -0.363. The molecule has 24 heavy (non-hydrogen) atoms. The topological polar surface area (TPSA) is 87.8 Å². The number of aromatic amines is 2. The summed E-state index contributed by atoms with van der Waals surface area (Å²) in [5.74, 6) is -0.332. The lowest BCUT2D eigenvalue weighted by molar-refractivity contribution is 0.0606. The quantitative estimate of drug-likeness (QED) is 0.439. The molecule has 0 radical (unpaired) electrons. The van der Waals surface area contributed by atoms with Crippen molar-refractivity contribution < 1.29 is 14.3 Å². The Morgan fingerprint density at radius 3 is 2.75 bits per heavy atom. The van der Waals surface area contributed by atoms with E-state index in [1.54, 1.807) is 19.1 Å². The van der Waals surface area contributed by atoms with Gasteiger partial charge in [-0.05, 0) is 37.3 Å². The van der Waals surface area contributed by atoms with Gasteiger partial charge in [-0.1, -0.05) is 0 Å². The van der Waals surface area contributed by atoms with Crippen LogP contribution in [0.1, 0.15) is 27.0 Å². The number of thiophene rings is 1. The van der Waals surface area contributed by atoms with E-state index in [0.717, 1.165) is 32.5 Å². The summed E-state index contributed by atoms with van der Waals surface area (Å²) in [5.41, 5.74) is 3.96. The number of H-pyrrole nitrogens is 2. The van der Waals surface area contributed by atoms with Crippen molar-refractivity contribution in [1.29, 1.82) is 0 Å². The number of nitrogens with zero attached hydrogens (tertiary/aromatic N) is 1. The first-order chi connectivity index (χ1) is 11.6. The first kappa shape index (κ1) is 14.6. The number of nitrogens with one attached hydrogen (secondary N) is 2. The molecule has 0 unspecified atom stereocenters. The van der Waals surface area contributed by atoms with Crippen LogP contribution in [-0.4, -0.2) is 34.0 Å². The molecule has 0 aliphatic carbocycles. The van der Waals surface area contributed by atoms with Crippen LogP contribution < -0.4 is 0 Å². The van der Waals surface area contributed by atoms with E-state index >= 15 is 0 Å². The van der Waals surface area contributed by atoms with Gasteiger partial charge in [-0.2, -0.15) is 5.10 Å². The zero-order valence-corrected chi connectivity index (χ0v) is 13.8. The van der Waals surface area contributed by atoms with Gasteiger partial charge in [-0.25, -0.2) is 4.79 Å². The molecule has 0 amide bonds. The fourth-order valence-corrected chi connectivity index (χ4v) is 3.71. The van der Waals surface area contributed by atoms with Crippen LogP contribution in [0.3, 0.4) is 0 Å². The number of Topliss-reactive ketones (excluding diaryl/α,β-unsaturated/α-hetero) is 1. The molecule has 0 spiro atoms. The van der Waals surface area contributed by atoms with Crippen molar-refractivity contribution in [2.75, 3.05) is 7.11 Å². The SMILES string of the molecule is COC(=O)c1cc2[nH]nc(-c3cc4cc(C(C)=O)ccc4[nH]3)c2s1. The van der Waals surface area contributed by atoms with Gasteiger partial charge < -0.3 is 9.72 Å². The number of aromatic nitrogens is 3. The third-order valence-corrected chi connectivity index (χ3v) is 5.03. The van der Waals surface area contributed by atoms with Crippen LogP contribution in [0.2, 0.25) is 0 Å². The fourth-order valence-electron chi connectivity index (χ4n) is 2.68. The van der Waals surface area contributed by atoms with Gasteiger partial charge in [0, 0.05) is 16.5 Å². The molecule has 4 aromatic rings. The van der Waals surface area contributed by atoms with Gasteiger partial charge in [-0.3, -0.25) is 9.89 Å². The maximum absolute atomic E-state index is 11.7. The van der Waals surface area contributed by atoms with Crippen molar-refractivity contribution in [1.82, 2.24) is 15.2 Å². The van der Waals surface area contributed by atoms with Gasteiger partial charge in [-0.15, -0.1) is 11.3 Å². The second kappa shape index (κ2) is 5.31. The number of hydrogen-bond donors (Lipinski definition) is 2. The van der Waals surface area contributed by atoms with Crippen LogP contribution in [0, 0.1) is 0 Å². The second-order valence-electron chi connectivity index (χ2n) is 5.46. The highest BCUT2D eigenvalue weighted by Crippen LogP contribution is 2.34. The number of carbonyl (C=O) groups is 2. The van der Waals surface area contributed by atoms with Crippen LogP contribution in [0.15, 0.2) is 30.3 Å². The summed E-state index contributed by atoms with van der Waals surface area (Å²) in [7, 11) is 1.36. The largest absolute Gasteiger partial charge is 0.465 e. The molecule has 3 aromatic heterocycles. The lowest BCUT2D eigenvalue weighted by Gasteiger charge is -1.94. The summed E-state index contributed by atoms with van der Waals surface area (Å²) < 4.78 is 5.64. The maximum Gasteiger partial charge on any atom is 0.348 e. The normalized spacial score (nSPS) is 11.2. The van der Waals surface area contributed by atoms with E-state index in [2.05, 4.69) is 15.2 Å². The first-order valence-electron chi connectivity index (χ1n) is 7.27. The monoisotopic (exact) mass is 339 g/mol. The highest BCUT2D eigenvalue weighted by molar-refractivity contribution is 7.21. The average molecular weight is 339 g/mol. The minimum Gasteiger partial charge on any atom is -0.465 e. The highest BCUT2D eigenvalue weighted by Gasteiger charge is 2.17. The van der Waals surface area contributed by atoms with Gasteiger partial charge in [0.1, 0.15) is 10.6 Å². The molecule has 7 heteroatoms. The molecule has 0 bridgehead atoms. The van der Waals surface area contributed by atoms with Crippen LogP contribution in [0.5, 0.6) is 0 Å². The van der Waals surface area contributed by atoms with Crippen molar-refractivity contribution in [3.63, 3.8) is 0 Å². The molecule has 0 saturated carbocycles. The number of ketones is 1. The highest BCUT2D eigenvalue weighted by atomic mass is 32.1. The molecule has 0 aliphatic heterocycles. The first-order valence-corrected chi connectivity index (χ1v) is 8.09. The number of carbonyl (C=O) groups excluding carboxylic acids is 2. The summed E-state index contributed by atoms with van der Waals surface area (Å²) in [6, 6.07) is 9.23. The molecule has 0 aliphatic rings. The summed E-state index contributed by atoms with van der Waals surface area (Å²) in [5, 5.41) is 8.22. The number of methoxy groups -OCH3 is 1. The number of benzene rings is 1. The number of rotatable bonds is 3. The Morgan fingerprint density at radius 2 is 2.00 bits per heavy atom. The standard InChI is InChI=1S/C17H13N3O3S/c1-8(21)9-3-4-11-10(5-9)6-12(18-11)15-16-13(19-20-15)7-14(24-16)17(22)23-2/h3-7,18H,1-2H3,(H,19,20). The van der Waals surface area contributed by atoms with E-state index < -0.39 is 0 Å². The lowest BCUT2D eigenvalue weighted by Crippen LogP contribution is -1.96. The lowest BCUT2D eigenvalue weighted by atomic mass is 10.1. The fraction of sp³-hybridized carbons (Fsp3) is 0.118. The van der Waals surface area contributed by atoms with Gasteiger partial charge in [0.25, 0.3) is 0 Å². The van der Waals surface area contributed by atoms with E-state index in [1.807, 2.05) is 18.2 Å². The molecular weight excluding hydrogens is 326 g/mol. The summed E-state index contributed by atoms with van der Waals surface area (Å²) >= 11 is 1.33. The predicted molar refractivity (Wildman–Crippen MR) is 92.6 cm³/mol. The molecule has 3 heterocycles. The van der Waals surface area contributed by atoms with Gasteiger partial charge in [0.2, 0.25) is 0 Å². The molecule has 0 atom stereocenters. The zero-order chi connectivity index (χ0) is 16.8. The molecule has 2 N–H and O–H groups in total. The zero-order valence-electron chi connectivity index (χ0n) is 13.0. The molecule has 1 aromatic carbocycles. The van der Waals surface area contributed by atoms with Crippen LogP contribution in [-0.2, 0) is 4.74 Å². The Bertz CT molecular complexity index is 1100. The summed E-state index contributed by atoms with van der Waals surface area (Å²) in [6.45, 7) is 1.55. The molecule has 0 fully saturated rings. The third kappa shape index (κ3) is 2.21. The predicted octanol–water partition coefficient (Wildman–Crippen LogP) is 3.76. The van der Waals surface area contributed by atoms with Crippen LogP contribution in [0.4, 0.5) is 0 Å². The van der Waals surface area contributed by atoms with E-state index in [-0.39, 0.29) is 11.8 Å². The second-order valence-corrected chi connectivity index (χ2v) is 6.51. The Morgan fingerprint density at radius 1 is 1.17 bits per heavy atom. The van der Waals surface area contributed by atoms with E-state index in [4.69, 9.17) is 4.74 Å². The smallest absolute Gasteiger partial charge is 0.348 e. The number of hydrogen-bond acceptors (Lipinski definition) is 5. The van der Waals surface area contributed by atoms with Gasteiger partial charge in [0.15, 0.2) is 5.78 Å². The number of esters is 1. The van der Waals surface area contributed by atoms with Gasteiger partial charge >= 0.3 is 5.97 Å². The van der Waals surface area contributed by atoms with Crippen molar-refractivity contribution in [3.8, 4) is 11.4 Å². The maximum atomic E-state index is 11.7. The van der Waals surface area contributed by atoms with E-state index in [0.29, 0.717) is 10.4 Å². The Labute approximate surface area is 140 Å². The summed E-state index contributed by atoms with van der Waals surface area (Å²) in [4.78, 5) is 27.0. The Kier molecular flexibility index (Phi) is 3.24. The average Bonchev–Trinajstić information content (AvgIpc) is 3.25. The molecule has 120 valence electrons. The van der Waals surface area contributed by atoms with E-state index in [1.165, 1.54) is 18.4 Å². The van der Waals surface area contributed by atoms with Crippen LogP contribution in [0.25, 0.3) is 32.5 Å². The molecule has 6 nitrogen and oxygen atoms in total. The van der Waals surface area contributed by atoms with Crippen molar-refractivity contribution in [2.24, 2.45) is 0 Å². The summed E-state index contributed by atoms with van der Waals surface area (Å²) in [6.07, 6.45) is 0. The number of fused-ring (bicyclic) bond motifs is 2. The Hall–Kier alpha value is -2.93. The molecular formula is C17H13N3O3S. The third-order valence-electron chi connectivity index (χ3n) is 3.90. The van der Waals surface area contributed by atoms with Crippen molar-refractivity contribution >= 4 is 44.2 Å². The van der Waals surface area contributed by atoms with Crippen LogP contribution >= 0.6 is 11.3 Å². The van der Waals surface area contributed by atoms with Gasteiger partial charge in [0.05, 0.1) is 23.0 Å². The molecule has 0 saturated heterocycles. The van der Waals surface area contributed by atoms with E-state index in [9.17, 15) is 9.59 Å².